The van der Waals surface area contributed by atoms with E-state index in [9.17, 15) is 0 Å². The van der Waals surface area contributed by atoms with Gasteiger partial charge in [0.25, 0.3) is 0 Å². The van der Waals surface area contributed by atoms with Gasteiger partial charge in [0.1, 0.15) is 0 Å². The molecule has 1 N–H and O–H groups in total. The Hall–Kier alpha value is -1.90. The molecule has 0 spiro atoms. The van der Waals surface area contributed by atoms with Crippen molar-refractivity contribution in [3.05, 3.63) is 41.2 Å². The first-order valence-corrected chi connectivity index (χ1v) is 6.26. The average Bonchev–Trinajstić information content (AvgIpc) is 2.35. The first-order chi connectivity index (χ1) is 8.61. The summed E-state index contributed by atoms with van der Waals surface area (Å²) in [5, 5.41) is 3.10. The van der Waals surface area contributed by atoms with Crippen molar-refractivity contribution in [2.24, 2.45) is 0 Å². The zero-order valence-electron chi connectivity index (χ0n) is 11.4. The lowest BCUT2D eigenvalue weighted by Crippen LogP contribution is -2.01. The molecular weight excluding hydrogens is 222 g/mol. The van der Waals surface area contributed by atoms with Gasteiger partial charge >= 0.3 is 0 Å². The standard InChI is InChI=1S/C15H19N3/c1-5-16-15-17-8-13(9-18-15)14-7-11(3)10(2)6-12(14)4/h6-9H,5H2,1-4H3,(H,16,17,18). The Morgan fingerprint density at radius 1 is 0.944 bits per heavy atom. The molecule has 0 saturated carbocycles. The summed E-state index contributed by atoms with van der Waals surface area (Å²) < 4.78 is 0. The van der Waals surface area contributed by atoms with E-state index in [1.165, 1.54) is 22.3 Å². The molecule has 0 unspecified atom stereocenters. The number of aromatic nitrogens is 2. The van der Waals surface area contributed by atoms with Crippen LogP contribution >= 0.6 is 0 Å². The maximum absolute atomic E-state index is 4.32. The summed E-state index contributed by atoms with van der Waals surface area (Å²) in [6, 6.07) is 4.42. The van der Waals surface area contributed by atoms with Crippen LogP contribution in [-0.2, 0) is 0 Å². The van der Waals surface area contributed by atoms with Crippen LogP contribution in [0.25, 0.3) is 11.1 Å². The molecular formula is C15H19N3. The number of anilines is 1. The zero-order chi connectivity index (χ0) is 13.1. The molecule has 94 valence electrons. The van der Waals surface area contributed by atoms with Gasteiger partial charge in [0, 0.05) is 24.5 Å². The predicted octanol–water partition coefficient (Wildman–Crippen LogP) is 3.50. The third-order valence-corrected chi connectivity index (χ3v) is 3.14. The third kappa shape index (κ3) is 2.50. The summed E-state index contributed by atoms with van der Waals surface area (Å²) in [6.07, 6.45) is 3.75. The fourth-order valence-corrected chi connectivity index (χ4v) is 1.99. The van der Waals surface area contributed by atoms with Gasteiger partial charge < -0.3 is 5.32 Å². The van der Waals surface area contributed by atoms with Crippen molar-refractivity contribution in [3.63, 3.8) is 0 Å². The van der Waals surface area contributed by atoms with Crippen molar-refractivity contribution in [1.29, 1.82) is 0 Å². The number of hydrogen-bond donors (Lipinski definition) is 1. The fourth-order valence-electron chi connectivity index (χ4n) is 1.99. The van der Waals surface area contributed by atoms with Crippen LogP contribution in [-0.4, -0.2) is 16.5 Å². The minimum atomic E-state index is 0.683. The lowest BCUT2D eigenvalue weighted by atomic mass is 9.97. The molecule has 0 aliphatic carbocycles. The molecule has 0 atom stereocenters. The van der Waals surface area contributed by atoms with Gasteiger partial charge in [-0.25, -0.2) is 9.97 Å². The summed E-state index contributed by atoms with van der Waals surface area (Å²) in [5.41, 5.74) is 6.16. The molecule has 1 heterocycles. The van der Waals surface area contributed by atoms with Crippen LogP contribution in [0.1, 0.15) is 23.6 Å². The molecule has 3 nitrogen and oxygen atoms in total. The molecule has 0 radical (unpaired) electrons. The van der Waals surface area contributed by atoms with Gasteiger partial charge in [-0.05, 0) is 49.9 Å². The van der Waals surface area contributed by atoms with E-state index >= 15 is 0 Å². The highest BCUT2D eigenvalue weighted by atomic mass is 15.1. The van der Waals surface area contributed by atoms with Crippen LogP contribution in [0.5, 0.6) is 0 Å². The number of nitrogens with one attached hydrogen (secondary N) is 1. The van der Waals surface area contributed by atoms with Gasteiger partial charge in [-0.2, -0.15) is 0 Å². The van der Waals surface area contributed by atoms with Gasteiger partial charge in [0.2, 0.25) is 5.95 Å². The Kier molecular flexibility index (Phi) is 3.60. The SMILES string of the molecule is CCNc1ncc(-c2cc(C)c(C)cc2C)cn1. The number of rotatable bonds is 3. The average molecular weight is 241 g/mol. The van der Waals surface area contributed by atoms with E-state index in [2.05, 4.69) is 48.2 Å². The van der Waals surface area contributed by atoms with E-state index in [1.54, 1.807) is 0 Å². The van der Waals surface area contributed by atoms with Gasteiger partial charge in [0.05, 0.1) is 0 Å². The molecule has 0 saturated heterocycles. The highest BCUT2D eigenvalue weighted by Gasteiger charge is 2.05. The van der Waals surface area contributed by atoms with Crippen molar-refractivity contribution >= 4 is 5.95 Å². The highest BCUT2D eigenvalue weighted by molar-refractivity contribution is 5.67. The van der Waals surface area contributed by atoms with Crippen LogP contribution in [0.4, 0.5) is 5.95 Å². The van der Waals surface area contributed by atoms with Crippen LogP contribution in [0.15, 0.2) is 24.5 Å². The Bertz CT molecular complexity index is 544. The summed E-state index contributed by atoms with van der Waals surface area (Å²) in [4.78, 5) is 8.63. The van der Waals surface area contributed by atoms with Gasteiger partial charge in [-0.15, -0.1) is 0 Å². The fraction of sp³-hybridized carbons (Fsp3) is 0.333. The van der Waals surface area contributed by atoms with E-state index < -0.39 is 0 Å². The Labute approximate surface area is 108 Å². The minimum Gasteiger partial charge on any atom is -0.355 e. The van der Waals surface area contributed by atoms with Crippen molar-refractivity contribution in [2.75, 3.05) is 11.9 Å². The van der Waals surface area contributed by atoms with Crippen LogP contribution in [0.2, 0.25) is 0 Å². The van der Waals surface area contributed by atoms with Crippen molar-refractivity contribution in [3.8, 4) is 11.1 Å². The first kappa shape index (κ1) is 12.6. The maximum atomic E-state index is 4.32. The quantitative estimate of drug-likeness (QED) is 0.893. The monoisotopic (exact) mass is 241 g/mol. The molecule has 0 bridgehead atoms. The van der Waals surface area contributed by atoms with Crippen molar-refractivity contribution in [2.45, 2.75) is 27.7 Å². The van der Waals surface area contributed by atoms with Crippen LogP contribution in [0, 0.1) is 20.8 Å². The topological polar surface area (TPSA) is 37.8 Å². The lowest BCUT2D eigenvalue weighted by molar-refractivity contribution is 1.08. The minimum absolute atomic E-state index is 0.683. The second kappa shape index (κ2) is 5.17. The van der Waals surface area contributed by atoms with E-state index in [0.29, 0.717) is 5.95 Å². The summed E-state index contributed by atoms with van der Waals surface area (Å²) in [6.45, 7) is 9.26. The smallest absolute Gasteiger partial charge is 0.222 e. The molecule has 2 aromatic rings. The summed E-state index contributed by atoms with van der Waals surface area (Å²) in [7, 11) is 0. The van der Waals surface area contributed by atoms with Gasteiger partial charge in [-0.3, -0.25) is 0 Å². The second-order valence-corrected chi connectivity index (χ2v) is 4.58. The maximum Gasteiger partial charge on any atom is 0.222 e. The Morgan fingerprint density at radius 3 is 2.17 bits per heavy atom. The second-order valence-electron chi connectivity index (χ2n) is 4.58. The summed E-state index contributed by atoms with van der Waals surface area (Å²) >= 11 is 0. The summed E-state index contributed by atoms with van der Waals surface area (Å²) in [5.74, 6) is 0.683. The Morgan fingerprint density at radius 2 is 1.56 bits per heavy atom. The van der Waals surface area contributed by atoms with Gasteiger partial charge in [-0.1, -0.05) is 12.1 Å². The molecule has 1 aromatic heterocycles. The molecule has 0 amide bonds. The van der Waals surface area contributed by atoms with Crippen LogP contribution < -0.4 is 5.32 Å². The predicted molar refractivity (Wildman–Crippen MR) is 75.8 cm³/mol. The zero-order valence-corrected chi connectivity index (χ0v) is 11.4. The largest absolute Gasteiger partial charge is 0.355 e. The number of aryl methyl sites for hydroxylation is 3. The van der Waals surface area contributed by atoms with E-state index in [0.717, 1.165) is 12.1 Å². The molecule has 0 fully saturated rings. The Balaban J connectivity index is 2.39. The van der Waals surface area contributed by atoms with Crippen molar-refractivity contribution in [1.82, 2.24) is 9.97 Å². The normalized spacial score (nSPS) is 10.4. The van der Waals surface area contributed by atoms with E-state index in [-0.39, 0.29) is 0 Å². The molecule has 3 heteroatoms. The number of hydrogen-bond acceptors (Lipinski definition) is 3. The molecule has 1 aromatic carbocycles. The van der Waals surface area contributed by atoms with E-state index in [4.69, 9.17) is 0 Å². The molecule has 18 heavy (non-hydrogen) atoms. The lowest BCUT2D eigenvalue weighted by Gasteiger charge is -2.10. The third-order valence-electron chi connectivity index (χ3n) is 3.14. The number of benzene rings is 1. The number of nitrogens with zero attached hydrogens (tertiary/aromatic N) is 2. The van der Waals surface area contributed by atoms with Crippen LogP contribution in [0.3, 0.4) is 0 Å². The molecule has 0 aliphatic rings. The van der Waals surface area contributed by atoms with Gasteiger partial charge in [0.15, 0.2) is 0 Å². The van der Waals surface area contributed by atoms with E-state index in [1.807, 2.05) is 19.3 Å². The molecule has 2 rings (SSSR count). The molecule has 0 aliphatic heterocycles. The first-order valence-electron chi connectivity index (χ1n) is 6.26. The van der Waals surface area contributed by atoms with Crippen molar-refractivity contribution < 1.29 is 0 Å². The highest BCUT2D eigenvalue weighted by Crippen LogP contribution is 2.25.